The molecule has 3 rings (SSSR count). The molecular formula is C15H11ClN4O2. The summed E-state index contributed by atoms with van der Waals surface area (Å²) in [6, 6.07) is 8.79. The number of rotatable bonds is 3. The molecule has 0 aliphatic carbocycles. The zero-order valence-electron chi connectivity index (χ0n) is 11.6. The number of carboxylic acid groups (broad SMARTS) is 1. The lowest BCUT2D eigenvalue weighted by Crippen LogP contribution is -2.03. The van der Waals surface area contributed by atoms with E-state index in [-0.39, 0.29) is 5.69 Å². The summed E-state index contributed by atoms with van der Waals surface area (Å²) in [4.78, 5) is 15.3. The van der Waals surface area contributed by atoms with Gasteiger partial charge < -0.3 is 5.11 Å². The molecule has 0 saturated carbocycles. The average Bonchev–Trinajstić information content (AvgIpc) is 2.96. The molecule has 0 unspecified atom stereocenters. The number of nitrogens with zero attached hydrogens (tertiary/aromatic N) is 4. The summed E-state index contributed by atoms with van der Waals surface area (Å²) in [5.41, 5.74) is 2.49. The summed E-state index contributed by atoms with van der Waals surface area (Å²) in [6.45, 7) is 1.89. The number of halogens is 1. The predicted octanol–water partition coefficient (Wildman–Crippen LogP) is 2.99. The second-order valence-electron chi connectivity index (χ2n) is 4.67. The molecule has 2 aromatic heterocycles. The van der Waals surface area contributed by atoms with Crippen LogP contribution in [0.15, 0.2) is 42.7 Å². The Hall–Kier alpha value is -2.73. The first-order valence-corrected chi connectivity index (χ1v) is 6.81. The van der Waals surface area contributed by atoms with E-state index in [0.717, 1.165) is 5.56 Å². The van der Waals surface area contributed by atoms with Crippen molar-refractivity contribution in [3.63, 3.8) is 0 Å². The Morgan fingerprint density at radius 3 is 2.59 bits per heavy atom. The van der Waals surface area contributed by atoms with Crippen molar-refractivity contribution in [3.8, 4) is 16.9 Å². The lowest BCUT2D eigenvalue weighted by atomic mass is 10.1. The van der Waals surface area contributed by atoms with Crippen molar-refractivity contribution >= 4 is 17.6 Å². The average molecular weight is 315 g/mol. The number of hydrogen-bond donors (Lipinski definition) is 1. The Kier molecular flexibility index (Phi) is 3.60. The molecule has 0 fully saturated rings. The Bertz CT molecular complexity index is 846. The summed E-state index contributed by atoms with van der Waals surface area (Å²) in [6.07, 6.45) is 3.17. The molecule has 0 spiro atoms. The van der Waals surface area contributed by atoms with Crippen LogP contribution in [-0.4, -0.2) is 31.1 Å². The summed E-state index contributed by atoms with van der Waals surface area (Å²) in [5.74, 6) is -1.14. The maximum absolute atomic E-state index is 11.4. The van der Waals surface area contributed by atoms with Crippen LogP contribution in [0.3, 0.4) is 0 Å². The first-order valence-electron chi connectivity index (χ1n) is 6.44. The van der Waals surface area contributed by atoms with Crippen molar-refractivity contribution in [2.24, 2.45) is 0 Å². The standard InChI is InChI=1S/C15H11ClN4O2/c1-9-2-3-11(8-12(9)16)20-14(10-4-6-17-7-5-10)13(15(21)22)18-19-20/h2-8H,1H3,(H,21,22). The molecule has 1 aromatic carbocycles. The van der Waals surface area contributed by atoms with Crippen LogP contribution < -0.4 is 0 Å². The number of pyridine rings is 1. The van der Waals surface area contributed by atoms with Crippen molar-refractivity contribution in [2.75, 3.05) is 0 Å². The van der Waals surface area contributed by atoms with Gasteiger partial charge in [-0.1, -0.05) is 22.9 Å². The third-order valence-corrected chi connectivity index (χ3v) is 3.63. The highest BCUT2D eigenvalue weighted by atomic mass is 35.5. The molecule has 1 N–H and O–H groups in total. The number of aromatic carboxylic acids is 1. The SMILES string of the molecule is Cc1ccc(-n2nnc(C(=O)O)c2-c2ccncc2)cc1Cl. The summed E-state index contributed by atoms with van der Waals surface area (Å²) in [5, 5.41) is 17.6. The summed E-state index contributed by atoms with van der Waals surface area (Å²) >= 11 is 6.14. The molecule has 0 aliphatic heterocycles. The maximum Gasteiger partial charge on any atom is 0.358 e. The van der Waals surface area contributed by atoms with E-state index >= 15 is 0 Å². The Morgan fingerprint density at radius 1 is 1.23 bits per heavy atom. The van der Waals surface area contributed by atoms with Gasteiger partial charge in [0.15, 0.2) is 5.69 Å². The van der Waals surface area contributed by atoms with E-state index in [9.17, 15) is 9.90 Å². The highest BCUT2D eigenvalue weighted by Crippen LogP contribution is 2.27. The second kappa shape index (κ2) is 5.57. The van der Waals surface area contributed by atoms with Crippen molar-refractivity contribution in [3.05, 3.63) is 59.0 Å². The number of aromatic nitrogens is 4. The molecule has 3 aromatic rings. The molecule has 0 radical (unpaired) electrons. The van der Waals surface area contributed by atoms with Gasteiger partial charge in [-0.15, -0.1) is 5.10 Å². The molecule has 6 nitrogen and oxygen atoms in total. The van der Waals surface area contributed by atoms with Gasteiger partial charge in [-0.05, 0) is 36.8 Å². The van der Waals surface area contributed by atoms with Crippen molar-refractivity contribution in [2.45, 2.75) is 6.92 Å². The van der Waals surface area contributed by atoms with Gasteiger partial charge in [-0.3, -0.25) is 4.98 Å². The highest BCUT2D eigenvalue weighted by Gasteiger charge is 2.21. The number of benzene rings is 1. The lowest BCUT2D eigenvalue weighted by Gasteiger charge is -2.08. The van der Waals surface area contributed by atoms with Gasteiger partial charge in [0, 0.05) is 23.0 Å². The van der Waals surface area contributed by atoms with Gasteiger partial charge in [-0.2, -0.15) is 0 Å². The van der Waals surface area contributed by atoms with Gasteiger partial charge in [0.05, 0.1) is 5.69 Å². The Morgan fingerprint density at radius 2 is 1.95 bits per heavy atom. The number of aryl methyl sites for hydroxylation is 1. The van der Waals surface area contributed by atoms with E-state index in [0.29, 0.717) is 22.0 Å². The van der Waals surface area contributed by atoms with Crippen LogP contribution in [-0.2, 0) is 0 Å². The highest BCUT2D eigenvalue weighted by molar-refractivity contribution is 6.31. The van der Waals surface area contributed by atoms with Crippen molar-refractivity contribution in [1.29, 1.82) is 0 Å². The van der Waals surface area contributed by atoms with Gasteiger partial charge in [0.1, 0.15) is 5.69 Å². The molecule has 0 aliphatic rings. The van der Waals surface area contributed by atoms with Crippen LogP contribution in [0.5, 0.6) is 0 Å². The number of carbonyl (C=O) groups is 1. The third-order valence-electron chi connectivity index (χ3n) is 3.23. The topological polar surface area (TPSA) is 80.9 Å². The van der Waals surface area contributed by atoms with Crippen LogP contribution in [0.4, 0.5) is 0 Å². The van der Waals surface area contributed by atoms with Crippen LogP contribution in [0.2, 0.25) is 5.02 Å². The van der Waals surface area contributed by atoms with Gasteiger partial charge in [-0.25, -0.2) is 9.48 Å². The second-order valence-corrected chi connectivity index (χ2v) is 5.08. The zero-order valence-corrected chi connectivity index (χ0v) is 12.3. The Balaban J connectivity index is 2.24. The van der Waals surface area contributed by atoms with E-state index in [4.69, 9.17) is 11.6 Å². The van der Waals surface area contributed by atoms with E-state index < -0.39 is 5.97 Å². The minimum Gasteiger partial charge on any atom is -0.476 e. The van der Waals surface area contributed by atoms with Crippen LogP contribution >= 0.6 is 11.6 Å². The first-order chi connectivity index (χ1) is 10.6. The summed E-state index contributed by atoms with van der Waals surface area (Å²) < 4.78 is 1.46. The molecule has 7 heteroatoms. The minimum atomic E-state index is -1.14. The van der Waals surface area contributed by atoms with Crippen LogP contribution in [0, 0.1) is 6.92 Å². The lowest BCUT2D eigenvalue weighted by molar-refractivity contribution is 0.0691. The van der Waals surface area contributed by atoms with E-state index in [1.165, 1.54) is 4.68 Å². The molecule has 110 valence electrons. The number of hydrogen-bond acceptors (Lipinski definition) is 4. The van der Waals surface area contributed by atoms with Gasteiger partial charge >= 0.3 is 5.97 Å². The number of carboxylic acids is 1. The van der Waals surface area contributed by atoms with Crippen molar-refractivity contribution in [1.82, 2.24) is 20.0 Å². The molecule has 2 heterocycles. The molecular weight excluding hydrogens is 304 g/mol. The maximum atomic E-state index is 11.4. The fraction of sp³-hybridized carbons (Fsp3) is 0.0667. The largest absolute Gasteiger partial charge is 0.476 e. The fourth-order valence-corrected chi connectivity index (χ4v) is 2.26. The van der Waals surface area contributed by atoms with E-state index in [2.05, 4.69) is 15.3 Å². The third kappa shape index (κ3) is 2.44. The first kappa shape index (κ1) is 14.2. The Labute approximate surface area is 131 Å². The smallest absolute Gasteiger partial charge is 0.358 e. The molecule has 22 heavy (non-hydrogen) atoms. The van der Waals surface area contributed by atoms with E-state index in [1.54, 1.807) is 30.6 Å². The van der Waals surface area contributed by atoms with Gasteiger partial charge in [0.2, 0.25) is 0 Å². The molecule has 0 atom stereocenters. The molecule has 0 amide bonds. The normalized spacial score (nSPS) is 10.6. The zero-order chi connectivity index (χ0) is 15.7. The fourth-order valence-electron chi connectivity index (χ4n) is 2.09. The quantitative estimate of drug-likeness (QED) is 0.803. The van der Waals surface area contributed by atoms with Crippen LogP contribution in [0.1, 0.15) is 16.1 Å². The molecule has 0 bridgehead atoms. The van der Waals surface area contributed by atoms with Gasteiger partial charge in [0.25, 0.3) is 0 Å². The monoisotopic (exact) mass is 314 g/mol. The minimum absolute atomic E-state index is 0.122. The molecule has 0 saturated heterocycles. The predicted molar refractivity (Wildman–Crippen MR) is 81.3 cm³/mol. The summed E-state index contributed by atoms with van der Waals surface area (Å²) in [7, 11) is 0. The van der Waals surface area contributed by atoms with Crippen LogP contribution in [0.25, 0.3) is 16.9 Å². The van der Waals surface area contributed by atoms with E-state index in [1.807, 2.05) is 19.1 Å². The van der Waals surface area contributed by atoms with Crippen molar-refractivity contribution < 1.29 is 9.90 Å².